The maximum atomic E-state index is 13.2. The molecule has 0 unspecified atom stereocenters. The van der Waals surface area contributed by atoms with Crippen molar-refractivity contribution in [2.45, 2.75) is 6.18 Å². The summed E-state index contributed by atoms with van der Waals surface area (Å²) in [5.41, 5.74) is 0.0721. The summed E-state index contributed by atoms with van der Waals surface area (Å²) in [5, 5.41) is 5.30. The van der Waals surface area contributed by atoms with Gasteiger partial charge in [-0.25, -0.2) is 0 Å². The lowest BCUT2D eigenvalue weighted by Gasteiger charge is -2.31. The molecule has 3 rings (SSSR count). The lowest BCUT2D eigenvalue weighted by Crippen LogP contribution is -2.38. The molecule has 0 aliphatic carbocycles. The fraction of sp³-hybridized carbons (Fsp3) is 0.263. The normalized spacial score (nSPS) is 14.4. The van der Waals surface area contributed by atoms with Crippen LogP contribution in [-0.2, 0) is 10.9 Å². The van der Waals surface area contributed by atoms with Gasteiger partial charge in [-0.1, -0.05) is 11.6 Å². The number of anilines is 2. The van der Waals surface area contributed by atoms with Crippen LogP contribution >= 0.6 is 46.4 Å². The van der Waals surface area contributed by atoms with Crippen LogP contribution in [0.2, 0.25) is 5.02 Å². The first-order chi connectivity index (χ1) is 14.1. The van der Waals surface area contributed by atoms with Crippen LogP contribution in [0.1, 0.15) is 15.9 Å². The van der Waals surface area contributed by atoms with Gasteiger partial charge in [-0.3, -0.25) is 10.1 Å². The van der Waals surface area contributed by atoms with Crippen LogP contribution < -0.4 is 15.5 Å². The Morgan fingerprint density at radius 3 is 2.53 bits per heavy atom. The van der Waals surface area contributed by atoms with E-state index in [1.165, 1.54) is 6.07 Å². The van der Waals surface area contributed by atoms with E-state index in [4.69, 9.17) is 28.6 Å². The molecule has 1 saturated heterocycles. The minimum absolute atomic E-state index is 0.135. The molecule has 2 aromatic carbocycles. The minimum Gasteiger partial charge on any atom is -0.378 e. The average molecular weight is 570 g/mol. The van der Waals surface area contributed by atoms with Crippen molar-refractivity contribution >= 4 is 68.8 Å². The van der Waals surface area contributed by atoms with Crippen molar-refractivity contribution in [1.82, 2.24) is 5.32 Å². The molecule has 5 nitrogen and oxygen atoms in total. The first kappa shape index (κ1) is 23.0. The summed E-state index contributed by atoms with van der Waals surface area (Å²) in [5.74, 6) is -0.559. The Morgan fingerprint density at radius 1 is 1.17 bits per heavy atom. The van der Waals surface area contributed by atoms with Gasteiger partial charge < -0.3 is 15.0 Å². The van der Waals surface area contributed by atoms with Crippen molar-refractivity contribution in [1.29, 1.82) is 0 Å². The summed E-state index contributed by atoms with van der Waals surface area (Å²) in [6.45, 7) is 1.98. The monoisotopic (exact) mass is 569 g/mol. The number of morpholine rings is 1. The van der Waals surface area contributed by atoms with E-state index in [0.717, 1.165) is 15.7 Å². The number of nitrogens with one attached hydrogen (secondary N) is 2. The molecule has 0 spiro atoms. The molecule has 1 fully saturated rings. The Kier molecular flexibility index (Phi) is 7.43. The summed E-state index contributed by atoms with van der Waals surface area (Å²) in [4.78, 5) is 14.4. The van der Waals surface area contributed by atoms with Gasteiger partial charge in [-0.2, -0.15) is 13.2 Å². The van der Waals surface area contributed by atoms with E-state index in [1.807, 2.05) is 27.5 Å². The fourth-order valence-corrected chi connectivity index (χ4v) is 3.79. The number of benzene rings is 2. The zero-order chi connectivity index (χ0) is 21.9. The van der Waals surface area contributed by atoms with Crippen molar-refractivity contribution in [2.75, 3.05) is 36.5 Å². The SMILES string of the molecule is O=C(NC(=S)Nc1cc(C(F)(F)F)ccc1N1CCOCC1)c1cc(I)ccc1Cl. The Morgan fingerprint density at radius 2 is 1.87 bits per heavy atom. The van der Waals surface area contributed by atoms with Gasteiger partial charge in [0.1, 0.15) is 0 Å². The van der Waals surface area contributed by atoms with E-state index in [0.29, 0.717) is 32.0 Å². The molecule has 0 aromatic heterocycles. The molecule has 2 N–H and O–H groups in total. The Hall–Kier alpha value is -1.63. The quantitative estimate of drug-likeness (QED) is 0.406. The molecule has 0 atom stereocenters. The number of hydrogen-bond acceptors (Lipinski definition) is 4. The van der Waals surface area contributed by atoms with Crippen molar-refractivity contribution < 1.29 is 22.7 Å². The molecular formula is C19H16ClF3IN3O2S. The van der Waals surface area contributed by atoms with E-state index < -0.39 is 17.6 Å². The number of nitrogens with zero attached hydrogens (tertiary/aromatic N) is 1. The number of ether oxygens (including phenoxy) is 1. The van der Waals surface area contributed by atoms with E-state index in [9.17, 15) is 18.0 Å². The highest BCUT2D eigenvalue weighted by Gasteiger charge is 2.32. The Labute approximate surface area is 195 Å². The highest BCUT2D eigenvalue weighted by atomic mass is 127. The minimum atomic E-state index is -4.51. The van der Waals surface area contributed by atoms with Gasteiger partial charge in [0.25, 0.3) is 5.91 Å². The maximum Gasteiger partial charge on any atom is 0.416 e. The third kappa shape index (κ3) is 5.74. The predicted molar refractivity (Wildman–Crippen MR) is 122 cm³/mol. The first-order valence-corrected chi connectivity index (χ1v) is 10.6. The highest BCUT2D eigenvalue weighted by Crippen LogP contribution is 2.35. The van der Waals surface area contributed by atoms with Crippen molar-refractivity contribution in [3.63, 3.8) is 0 Å². The van der Waals surface area contributed by atoms with Crippen molar-refractivity contribution in [2.24, 2.45) is 0 Å². The van der Waals surface area contributed by atoms with Crippen LogP contribution in [0, 0.1) is 3.57 Å². The van der Waals surface area contributed by atoms with Crippen molar-refractivity contribution in [3.8, 4) is 0 Å². The average Bonchev–Trinajstić information content (AvgIpc) is 2.69. The van der Waals surface area contributed by atoms with Gasteiger partial charge in [0.05, 0.1) is 40.7 Å². The highest BCUT2D eigenvalue weighted by molar-refractivity contribution is 14.1. The van der Waals surface area contributed by atoms with Crippen molar-refractivity contribution in [3.05, 3.63) is 56.1 Å². The molecule has 11 heteroatoms. The van der Waals surface area contributed by atoms with E-state index in [2.05, 4.69) is 10.6 Å². The summed E-state index contributed by atoms with van der Waals surface area (Å²) >= 11 is 13.3. The topological polar surface area (TPSA) is 53.6 Å². The van der Waals surface area contributed by atoms with Gasteiger partial charge in [0.15, 0.2) is 5.11 Å². The number of amides is 1. The number of rotatable bonds is 3. The Bertz CT molecular complexity index is 969. The molecule has 1 aliphatic heterocycles. The number of carbonyl (C=O) groups is 1. The summed E-state index contributed by atoms with van der Waals surface area (Å²) < 4.78 is 45.7. The molecule has 0 radical (unpaired) electrons. The molecule has 0 bridgehead atoms. The summed E-state index contributed by atoms with van der Waals surface area (Å²) in [7, 11) is 0. The number of halogens is 5. The summed E-state index contributed by atoms with van der Waals surface area (Å²) in [6, 6.07) is 8.29. The largest absolute Gasteiger partial charge is 0.416 e. The van der Waals surface area contributed by atoms with E-state index in [-0.39, 0.29) is 21.4 Å². The smallest absolute Gasteiger partial charge is 0.378 e. The molecule has 0 saturated carbocycles. The lowest BCUT2D eigenvalue weighted by atomic mass is 10.1. The van der Waals surface area contributed by atoms with Crippen LogP contribution in [0.3, 0.4) is 0 Å². The molecule has 1 aliphatic rings. The maximum absolute atomic E-state index is 13.2. The van der Waals surface area contributed by atoms with E-state index in [1.54, 1.807) is 18.2 Å². The predicted octanol–water partition coefficient (Wildman–Crippen LogP) is 4.93. The standard InChI is InChI=1S/C19H16ClF3IN3O2S/c20-14-3-2-12(24)10-13(14)17(28)26-18(30)25-15-9-11(19(21,22)23)1-4-16(15)27-5-7-29-8-6-27/h1-4,9-10H,5-8H2,(H2,25,26,28,30). The molecule has 2 aromatic rings. The van der Waals surface area contributed by atoms with Gasteiger partial charge in [0.2, 0.25) is 0 Å². The summed E-state index contributed by atoms with van der Waals surface area (Å²) in [6.07, 6.45) is -4.51. The van der Waals surface area contributed by atoms with Gasteiger partial charge >= 0.3 is 6.18 Å². The Balaban J connectivity index is 1.83. The van der Waals surface area contributed by atoms with Gasteiger partial charge in [-0.15, -0.1) is 0 Å². The number of alkyl halides is 3. The second-order valence-electron chi connectivity index (χ2n) is 6.36. The third-order valence-electron chi connectivity index (χ3n) is 4.32. The van der Waals surface area contributed by atoms with Crippen LogP contribution in [0.4, 0.5) is 24.5 Å². The number of thiocarbonyl (C=S) groups is 1. The van der Waals surface area contributed by atoms with Crippen LogP contribution in [-0.4, -0.2) is 37.3 Å². The lowest BCUT2D eigenvalue weighted by molar-refractivity contribution is -0.137. The van der Waals surface area contributed by atoms with Crippen LogP contribution in [0.25, 0.3) is 0 Å². The molecule has 1 heterocycles. The second-order valence-corrected chi connectivity index (χ2v) is 8.42. The zero-order valence-corrected chi connectivity index (χ0v) is 19.1. The molecular weight excluding hydrogens is 554 g/mol. The van der Waals surface area contributed by atoms with Crippen LogP contribution in [0.5, 0.6) is 0 Å². The molecule has 160 valence electrons. The molecule has 30 heavy (non-hydrogen) atoms. The number of hydrogen-bond donors (Lipinski definition) is 2. The zero-order valence-electron chi connectivity index (χ0n) is 15.4. The van der Waals surface area contributed by atoms with Crippen LogP contribution in [0.15, 0.2) is 36.4 Å². The van der Waals surface area contributed by atoms with Gasteiger partial charge in [0, 0.05) is 16.7 Å². The fourth-order valence-electron chi connectivity index (χ4n) is 2.89. The molecule has 1 amide bonds. The third-order valence-corrected chi connectivity index (χ3v) is 5.53. The second kappa shape index (κ2) is 9.67. The van der Waals surface area contributed by atoms with E-state index >= 15 is 0 Å². The first-order valence-electron chi connectivity index (χ1n) is 8.76. The van der Waals surface area contributed by atoms with Gasteiger partial charge in [-0.05, 0) is 71.2 Å². The number of carbonyl (C=O) groups excluding carboxylic acids is 1.